The Bertz CT molecular complexity index is 1040. The van der Waals surface area contributed by atoms with Gasteiger partial charge in [-0.1, -0.05) is 23.5 Å². The van der Waals surface area contributed by atoms with Gasteiger partial charge in [-0.3, -0.25) is 9.59 Å². The molecule has 1 aromatic carbocycles. The first-order valence-electron chi connectivity index (χ1n) is 10.1. The first-order chi connectivity index (χ1) is 14.5. The second-order valence-corrected chi connectivity index (χ2v) is 8.51. The predicted octanol–water partition coefficient (Wildman–Crippen LogP) is 3.38. The summed E-state index contributed by atoms with van der Waals surface area (Å²) < 4.78 is 0. The summed E-state index contributed by atoms with van der Waals surface area (Å²) in [5.41, 5.74) is 3.83. The molecule has 7 nitrogen and oxygen atoms in total. The van der Waals surface area contributed by atoms with E-state index in [9.17, 15) is 9.59 Å². The Hall–Kier alpha value is -3.00. The number of benzene rings is 1. The molecule has 0 atom stereocenters. The van der Waals surface area contributed by atoms with Crippen molar-refractivity contribution in [3.63, 3.8) is 0 Å². The minimum Gasteiger partial charge on any atom is -0.344 e. The average molecular weight is 424 g/mol. The molecule has 1 aliphatic heterocycles. The van der Waals surface area contributed by atoms with Gasteiger partial charge in [0.05, 0.1) is 0 Å². The number of aromatic nitrogens is 2. The van der Waals surface area contributed by atoms with E-state index in [2.05, 4.69) is 20.2 Å². The number of rotatable bonds is 5. The molecule has 1 N–H and O–H groups in total. The molecule has 0 saturated carbocycles. The summed E-state index contributed by atoms with van der Waals surface area (Å²) >= 11 is 1.58. The number of thiazole rings is 1. The van der Waals surface area contributed by atoms with Crippen molar-refractivity contribution in [2.45, 2.75) is 26.7 Å². The number of hydrogen-bond acceptors (Lipinski definition) is 6. The Kier molecular flexibility index (Phi) is 5.94. The summed E-state index contributed by atoms with van der Waals surface area (Å²) in [6.45, 7) is 6.70. The summed E-state index contributed by atoms with van der Waals surface area (Å²) in [4.78, 5) is 38.8. The molecule has 0 bridgehead atoms. The zero-order valence-corrected chi connectivity index (χ0v) is 18.0. The molecule has 1 saturated heterocycles. The van der Waals surface area contributed by atoms with Crippen LogP contribution >= 0.6 is 11.3 Å². The van der Waals surface area contributed by atoms with Gasteiger partial charge in [0, 0.05) is 50.9 Å². The third-order valence-corrected chi connectivity index (χ3v) is 6.33. The zero-order chi connectivity index (χ0) is 21.1. The van der Waals surface area contributed by atoms with Crippen LogP contribution < -0.4 is 10.2 Å². The molecule has 3 heterocycles. The van der Waals surface area contributed by atoms with Crippen molar-refractivity contribution in [2.24, 2.45) is 0 Å². The van der Waals surface area contributed by atoms with Crippen LogP contribution in [0.3, 0.4) is 0 Å². The van der Waals surface area contributed by atoms with Gasteiger partial charge >= 0.3 is 0 Å². The Morgan fingerprint density at radius 1 is 1.10 bits per heavy atom. The number of pyridine rings is 1. The van der Waals surface area contributed by atoms with Crippen LogP contribution in [0, 0.1) is 13.8 Å². The second kappa shape index (κ2) is 8.79. The van der Waals surface area contributed by atoms with Crippen LogP contribution in [0.5, 0.6) is 0 Å². The number of nitrogens with one attached hydrogen (secondary N) is 1. The highest BCUT2D eigenvalue weighted by molar-refractivity contribution is 7.21. The van der Waals surface area contributed by atoms with Gasteiger partial charge < -0.3 is 15.1 Å². The zero-order valence-electron chi connectivity index (χ0n) is 17.2. The standard InChI is InChI=1S/C22H25N5O2S/c1-15-5-6-16(2)18(14-15)24-19(28)7-8-20(29)26-10-12-27(13-11-26)22-25-17-4-3-9-23-21(17)30-22/h3-6,9,14H,7-8,10-13H2,1-2H3,(H,24,28). The monoisotopic (exact) mass is 423 g/mol. The van der Waals surface area contributed by atoms with Gasteiger partial charge in [-0.2, -0.15) is 0 Å². The maximum absolute atomic E-state index is 12.6. The van der Waals surface area contributed by atoms with Gasteiger partial charge in [0.1, 0.15) is 10.3 Å². The molecule has 0 radical (unpaired) electrons. The van der Waals surface area contributed by atoms with E-state index in [4.69, 9.17) is 0 Å². The number of amides is 2. The number of fused-ring (bicyclic) bond motifs is 1. The minimum atomic E-state index is -0.127. The molecule has 1 aliphatic rings. The lowest BCUT2D eigenvalue weighted by atomic mass is 10.1. The average Bonchev–Trinajstić information content (AvgIpc) is 3.19. The van der Waals surface area contributed by atoms with E-state index in [1.807, 2.05) is 49.1 Å². The first-order valence-corrected chi connectivity index (χ1v) is 10.9. The van der Waals surface area contributed by atoms with Gasteiger partial charge in [0.2, 0.25) is 11.8 Å². The van der Waals surface area contributed by atoms with Gasteiger partial charge in [-0.15, -0.1) is 0 Å². The molecule has 1 fully saturated rings. The molecule has 156 valence electrons. The smallest absolute Gasteiger partial charge is 0.224 e. The highest BCUT2D eigenvalue weighted by Gasteiger charge is 2.23. The van der Waals surface area contributed by atoms with Crippen LogP contribution in [0.15, 0.2) is 36.5 Å². The second-order valence-electron chi connectivity index (χ2n) is 7.56. The van der Waals surface area contributed by atoms with Crippen LogP contribution in [0.1, 0.15) is 24.0 Å². The molecule has 4 rings (SSSR count). The number of aryl methyl sites for hydroxylation is 2. The molecule has 0 unspecified atom stereocenters. The highest BCUT2D eigenvalue weighted by Crippen LogP contribution is 2.27. The number of anilines is 2. The third kappa shape index (κ3) is 4.59. The van der Waals surface area contributed by atoms with Crippen LogP contribution in [-0.2, 0) is 9.59 Å². The van der Waals surface area contributed by atoms with E-state index in [1.54, 1.807) is 17.5 Å². The number of hydrogen-bond donors (Lipinski definition) is 1. The molecule has 3 aromatic rings. The summed E-state index contributed by atoms with van der Waals surface area (Å²) in [5, 5.41) is 3.87. The molecule has 8 heteroatoms. The summed E-state index contributed by atoms with van der Waals surface area (Å²) in [5.74, 6) is -0.102. The van der Waals surface area contributed by atoms with E-state index >= 15 is 0 Å². The van der Waals surface area contributed by atoms with Crippen molar-refractivity contribution < 1.29 is 9.59 Å². The van der Waals surface area contributed by atoms with Gasteiger partial charge in [0.15, 0.2) is 5.13 Å². The maximum Gasteiger partial charge on any atom is 0.224 e. The topological polar surface area (TPSA) is 78.4 Å². The lowest BCUT2D eigenvalue weighted by Gasteiger charge is -2.34. The van der Waals surface area contributed by atoms with E-state index in [0.29, 0.717) is 13.1 Å². The Labute approximate surface area is 179 Å². The normalized spacial score (nSPS) is 14.2. The predicted molar refractivity (Wildman–Crippen MR) is 120 cm³/mol. The van der Waals surface area contributed by atoms with E-state index < -0.39 is 0 Å². The fourth-order valence-electron chi connectivity index (χ4n) is 3.50. The van der Waals surface area contributed by atoms with Crippen molar-refractivity contribution in [1.82, 2.24) is 14.9 Å². The molecule has 2 amide bonds. The lowest BCUT2D eigenvalue weighted by molar-refractivity contribution is -0.133. The first kappa shape index (κ1) is 20.3. The van der Waals surface area contributed by atoms with E-state index in [-0.39, 0.29) is 24.7 Å². The lowest BCUT2D eigenvalue weighted by Crippen LogP contribution is -2.48. The van der Waals surface area contributed by atoms with Crippen LogP contribution in [0.4, 0.5) is 10.8 Å². The SMILES string of the molecule is Cc1ccc(C)c(NC(=O)CCC(=O)N2CCN(c3nc4cccnc4s3)CC2)c1. The number of carbonyl (C=O) groups excluding carboxylic acids is 2. The summed E-state index contributed by atoms with van der Waals surface area (Å²) in [7, 11) is 0. The van der Waals surface area contributed by atoms with Gasteiger partial charge in [0.25, 0.3) is 0 Å². The van der Waals surface area contributed by atoms with Gasteiger partial charge in [-0.05, 0) is 43.2 Å². The van der Waals surface area contributed by atoms with Crippen LogP contribution in [-0.4, -0.2) is 52.9 Å². The molecule has 0 aliphatic carbocycles. The number of carbonyl (C=O) groups is 2. The number of piperazine rings is 1. The van der Waals surface area contributed by atoms with Crippen molar-refractivity contribution in [1.29, 1.82) is 0 Å². The van der Waals surface area contributed by atoms with Crippen molar-refractivity contribution in [3.05, 3.63) is 47.7 Å². The number of nitrogens with zero attached hydrogens (tertiary/aromatic N) is 4. The molecular weight excluding hydrogens is 398 g/mol. The molecule has 30 heavy (non-hydrogen) atoms. The largest absolute Gasteiger partial charge is 0.344 e. The van der Waals surface area contributed by atoms with Crippen LogP contribution in [0.2, 0.25) is 0 Å². The van der Waals surface area contributed by atoms with Crippen LogP contribution in [0.25, 0.3) is 10.3 Å². The van der Waals surface area contributed by atoms with E-state index in [0.717, 1.165) is 45.4 Å². The summed E-state index contributed by atoms with van der Waals surface area (Å²) in [6, 6.07) is 9.80. The fourth-order valence-corrected chi connectivity index (χ4v) is 4.46. The highest BCUT2D eigenvalue weighted by atomic mass is 32.1. The van der Waals surface area contributed by atoms with Gasteiger partial charge in [-0.25, -0.2) is 9.97 Å². The third-order valence-electron chi connectivity index (χ3n) is 5.29. The Morgan fingerprint density at radius 2 is 1.90 bits per heavy atom. The maximum atomic E-state index is 12.6. The quantitative estimate of drug-likeness (QED) is 0.681. The fraction of sp³-hybridized carbons (Fsp3) is 0.364. The summed E-state index contributed by atoms with van der Waals surface area (Å²) in [6.07, 6.45) is 2.19. The van der Waals surface area contributed by atoms with Crippen molar-refractivity contribution in [2.75, 3.05) is 36.4 Å². The van der Waals surface area contributed by atoms with Crippen molar-refractivity contribution in [3.8, 4) is 0 Å². The molecular formula is C22H25N5O2S. The minimum absolute atomic E-state index is 0.0248. The van der Waals surface area contributed by atoms with E-state index in [1.165, 1.54) is 0 Å². The Morgan fingerprint density at radius 3 is 2.67 bits per heavy atom. The molecule has 0 spiro atoms. The Balaban J connectivity index is 1.26. The van der Waals surface area contributed by atoms with Crippen molar-refractivity contribution >= 4 is 44.3 Å². The molecule has 2 aromatic heterocycles.